The highest BCUT2D eigenvalue weighted by molar-refractivity contribution is 9.10. The zero-order valence-corrected chi connectivity index (χ0v) is 14.6. The van der Waals surface area contributed by atoms with Crippen LogP contribution in [0.5, 0.6) is 0 Å². The summed E-state index contributed by atoms with van der Waals surface area (Å²) in [6.45, 7) is 1.83. The van der Waals surface area contributed by atoms with Gasteiger partial charge in [-0.25, -0.2) is 0 Å². The molecule has 1 fully saturated rings. The van der Waals surface area contributed by atoms with Crippen molar-refractivity contribution in [2.75, 3.05) is 26.8 Å². The zero-order valence-electron chi connectivity index (χ0n) is 12.2. The van der Waals surface area contributed by atoms with Crippen LogP contribution < -0.4 is 5.73 Å². The minimum absolute atomic E-state index is 0. The van der Waals surface area contributed by atoms with Gasteiger partial charge in [-0.2, -0.15) is 0 Å². The maximum atomic E-state index is 12.4. The normalized spacial score (nSPS) is 16.9. The van der Waals surface area contributed by atoms with Crippen LogP contribution in [0.2, 0.25) is 0 Å². The van der Waals surface area contributed by atoms with Gasteiger partial charge in [0, 0.05) is 31.3 Å². The topological polar surface area (TPSA) is 55.6 Å². The largest absolute Gasteiger partial charge is 0.381 e. The van der Waals surface area contributed by atoms with Gasteiger partial charge in [-0.05, 0) is 37.0 Å². The Morgan fingerprint density at radius 3 is 2.48 bits per heavy atom. The molecule has 0 spiro atoms. The highest BCUT2D eigenvalue weighted by Gasteiger charge is 2.37. The van der Waals surface area contributed by atoms with Crippen LogP contribution in [0.1, 0.15) is 18.4 Å². The molecule has 0 atom stereocenters. The highest BCUT2D eigenvalue weighted by atomic mass is 79.9. The molecule has 2 rings (SSSR count). The lowest BCUT2D eigenvalue weighted by Gasteiger charge is -2.35. The summed E-state index contributed by atoms with van der Waals surface area (Å²) < 4.78 is 6.34. The molecule has 6 heteroatoms. The molecule has 1 amide bonds. The number of halogens is 2. The fourth-order valence-electron chi connectivity index (χ4n) is 2.38. The molecule has 1 aromatic carbocycles. The van der Waals surface area contributed by atoms with Crippen LogP contribution in [-0.2, 0) is 16.0 Å². The van der Waals surface area contributed by atoms with Crippen LogP contribution >= 0.6 is 28.3 Å². The molecule has 0 aliphatic carbocycles. The molecule has 0 saturated carbocycles. The Bertz CT molecular complexity index is 461. The van der Waals surface area contributed by atoms with Gasteiger partial charge in [0.2, 0.25) is 5.91 Å². The average molecular weight is 378 g/mol. The predicted octanol–water partition coefficient (Wildman–Crippen LogP) is 2.38. The second-order valence-electron chi connectivity index (χ2n) is 5.37. The van der Waals surface area contributed by atoms with Gasteiger partial charge in [0.25, 0.3) is 0 Å². The second kappa shape index (κ2) is 8.13. The fraction of sp³-hybridized carbons (Fsp3) is 0.533. The molecule has 1 heterocycles. The third kappa shape index (κ3) is 4.95. The van der Waals surface area contributed by atoms with Crippen molar-refractivity contribution in [1.82, 2.24) is 4.90 Å². The van der Waals surface area contributed by atoms with Crippen LogP contribution in [-0.4, -0.2) is 43.2 Å². The minimum atomic E-state index is -0.743. The lowest BCUT2D eigenvalue weighted by atomic mass is 9.90. The first-order chi connectivity index (χ1) is 9.51. The molecule has 118 valence electrons. The van der Waals surface area contributed by atoms with E-state index in [1.54, 1.807) is 4.90 Å². The summed E-state index contributed by atoms with van der Waals surface area (Å²) in [7, 11) is 1.82. The first-order valence-electron chi connectivity index (χ1n) is 6.88. The van der Waals surface area contributed by atoms with Crippen LogP contribution in [0.4, 0.5) is 0 Å². The number of likely N-dealkylation sites (N-methyl/N-ethyl adjacent to an activating group) is 1. The van der Waals surface area contributed by atoms with Gasteiger partial charge in [-0.1, -0.05) is 28.1 Å². The van der Waals surface area contributed by atoms with Crippen molar-refractivity contribution < 1.29 is 9.53 Å². The third-order valence-electron chi connectivity index (χ3n) is 3.81. The van der Waals surface area contributed by atoms with E-state index in [1.165, 1.54) is 5.56 Å². The first kappa shape index (κ1) is 18.4. The molecule has 2 N–H and O–H groups in total. The van der Waals surface area contributed by atoms with Gasteiger partial charge in [0.05, 0.1) is 5.54 Å². The van der Waals surface area contributed by atoms with E-state index in [-0.39, 0.29) is 18.3 Å². The molecular formula is C15H22BrClN2O2. The van der Waals surface area contributed by atoms with E-state index in [0.29, 0.717) is 32.6 Å². The molecule has 0 bridgehead atoms. The summed E-state index contributed by atoms with van der Waals surface area (Å²) >= 11 is 3.41. The number of amides is 1. The number of hydrogen-bond donors (Lipinski definition) is 1. The number of rotatable bonds is 4. The number of ether oxygens (including phenoxy) is 1. The van der Waals surface area contributed by atoms with Gasteiger partial charge in [0.15, 0.2) is 0 Å². The fourth-order valence-corrected chi connectivity index (χ4v) is 2.64. The predicted molar refractivity (Wildman–Crippen MR) is 89.7 cm³/mol. The molecule has 0 aromatic heterocycles. The van der Waals surface area contributed by atoms with Crippen molar-refractivity contribution in [1.29, 1.82) is 0 Å². The quantitative estimate of drug-likeness (QED) is 0.876. The Morgan fingerprint density at radius 1 is 1.33 bits per heavy atom. The molecule has 0 unspecified atom stereocenters. The molecule has 1 saturated heterocycles. The Balaban J connectivity index is 0.00000220. The van der Waals surface area contributed by atoms with E-state index in [1.807, 2.05) is 19.2 Å². The number of benzene rings is 1. The van der Waals surface area contributed by atoms with Gasteiger partial charge in [-0.15, -0.1) is 12.4 Å². The van der Waals surface area contributed by atoms with Crippen LogP contribution in [0.15, 0.2) is 28.7 Å². The number of nitrogens with zero attached hydrogens (tertiary/aromatic N) is 1. The van der Waals surface area contributed by atoms with Gasteiger partial charge >= 0.3 is 0 Å². The Labute approximate surface area is 140 Å². The van der Waals surface area contributed by atoms with Crippen LogP contribution in [0, 0.1) is 0 Å². The lowest BCUT2D eigenvalue weighted by molar-refractivity contribution is -0.139. The summed E-state index contributed by atoms with van der Waals surface area (Å²) in [6, 6.07) is 8.16. The molecule has 1 aliphatic rings. The maximum Gasteiger partial charge on any atom is 0.242 e. The monoisotopic (exact) mass is 376 g/mol. The lowest BCUT2D eigenvalue weighted by Crippen LogP contribution is -2.57. The number of hydrogen-bond acceptors (Lipinski definition) is 3. The summed E-state index contributed by atoms with van der Waals surface area (Å²) in [5.74, 6) is 0.0258. The van der Waals surface area contributed by atoms with E-state index in [2.05, 4.69) is 28.1 Å². The molecule has 1 aromatic rings. The van der Waals surface area contributed by atoms with Crippen molar-refractivity contribution >= 4 is 34.2 Å². The van der Waals surface area contributed by atoms with E-state index >= 15 is 0 Å². The maximum absolute atomic E-state index is 12.4. The van der Waals surface area contributed by atoms with Crippen molar-refractivity contribution in [3.63, 3.8) is 0 Å². The standard InChI is InChI=1S/C15H21BrN2O2.ClH/c1-18(9-6-12-2-4-13(16)5-3-12)14(19)15(17)7-10-20-11-8-15;/h2-5H,6-11,17H2,1H3;1H. The van der Waals surface area contributed by atoms with Gasteiger partial charge in [-0.3, -0.25) is 4.79 Å². The molecule has 0 radical (unpaired) electrons. The smallest absolute Gasteiger partial charge is 0.242 e. The molecule has 4 nitrogen and oxygen atoms in total. The second-order valence-corrected chi connectivity index (χ2v) is 6.29. The molecular weight excluding hydrogens is 356 g/mol. The Morgan fingerprint density at radius 2 is 1.90 bits per heavy atom. The average Bonchev–Trinajstić information content (AvgIpc) is 2.46. The number of nitrogens with two attached hydrogens (primary N) is 1. The first-order valence-corrected chi connectivity index (χ1v) is 7.67. The summed E-state index contributed by atoms with van der Waals surface area (Å²) in [5.41, 5.74) is 6.69. The van der Waals surface area contributed by atoms with Crippen molar-refractivity contribution in [2.45, 2.75) is 24.8 Å². The number of carbonyl (C=O) groups is 1. The summed E-state index contributed by atoms with van der Waals surface area (Å²) in [6.07, 6.45) is 2.05. The number of carbonyl (C=O) groups excluding carboxylic acids is 1. The van der Waals surface area contributed by atoms with E-state index in [0.717, 1.165) is 10.9 Å². The third-order valence-corrected chi connectivity index (χ3v) is 4.34. The Hall–Kier alpha value is -0.620. The Kier molecular flexibility index (Phi) is 7.13. The molecule has 21 heavy (non-hydrogen) atoms. The summed E-state index contributed by atoms with van der Waals surface area (Å²) in [4.78, 5) is 14.2. The van der Waals surface area contributed by atoms with E-state index < -0.39 is 5.54 Å². The minimum Gasteiger partial charge on any atom is -0.381 e. The van der Waals surface area contributed by atoms with Gasteiger partial charge in [0.1, 0.15) is 0 Å². The van der Waals surface area contributed by atoms with Crippen molar-refractivity contribution in [2.24, 2.45) is 5.73 Å². The van der Waals surface area contributed by atoms with E-state index in [9.17, 15) is 4.79 Å². The van der Waals surface area contributed by atoms with E-state index in [4.69, 9.17) is 10.5 Å². The zero-order chi connectivity index (χ0) is 14.6. The van der Waals surface area contributed by atoms with Crippen LogP contribution in [0.25, 0.3) is 0 Å². The van der Waals surface area contributed by atoms with Crippen molar-refractivity contribution in [3.05, 3.63) is 34.3 Å². The SMILES string of the molecule is CN(CCc1ccc(Br)cc1)C(=O)C1(N)CCOCC1.Cl. The van der Waals surface area contributed by atoms with Crippen LogP contribution in [0.3, 0.4) is 0 Å². The molecule has 1 aliphatic heterocycles. The van der Waals surface area contributed by atoms with Gasteiger partial charge < -0.3 is 15.4 Å². The summed E-state index contributed by atoms with van der Waals surface area (Å²) in [5, 5.41) is 0. The van der Waals surface area contributed by atoms with Crippen molar-refractivity contribution in [3.8, 4) is 0 Å². The highest BCUT2D eigenvalue weighted by Crippen LogP contribution is 2.20.